The summed E-state index contributed by atoms with van der Waals surface area (Å²) in [6, 6.07) is 0. The Morgan fingerprint density at radius 3 is 2.42 bits per heavy atom. The Labute approximate surface area is 143 Å². The third-order valence-corrected chi connectivity index (χ3v) is 3.91. The van der Waals surface area contributed by atoms with Gasteiger partial charge in [-0.25, -0.2) is 4.98 Å². The molecule has 2 rings (SSSR count). The standard InChI is InChI=1S/C17H30N6O/c1-14-12-22-17(15-13-23-24-16(14)15)21-11-5-10-20-8-3-2-7-19-9-4-6-18/h12-13,19-20H,2-11,18H2,1H3,(H,21,22). The molecule has 0 atom stereocenters. The molecule has 134 valence electrons. The molecule has 0 aromatic carbocycles. The van der Waals surface area contributed by atoms with E-state index in [-0.39, 0.29) is 0 Å². The van der Waals surface area contributed by atoms with Crippen LogP contribution in [-0.4, -0.2) is 49.4 Å². The molecule has 0 bridgehead atoms. The summed E-state index contributed by atoms with van der Waals surface area (Å²) in [6.45, 7) is 7.80. The van der Waals surface area contributed by atoms with Gasteiger partial charge in [-0.3, -0.25) is 0 Å². The summed E-state index contributed by atoms with van der Waals surface area (Å²) >= 11 is 0. The van der Waals surface area contributed by atoms with Gasteiger partial charge in [0.2, 0.25) is 0 Å². The van der Waals surface area contributed by atoms with Crippen molar-refractivity contribution in [1.29, 1.82) is 0 Å². The molecule has 0 saturated heterocycles. The summed E-state index contributed by atoms with van der Waals surface area (Å²) < 4.78 is 5.25. The Kier molecular flexibility index (Phi) is 8.51. The van der Waals surface area contributed by atoms with Crippen molar-refractivity contribution in [1.82, 2.24) is 20.8 Å². The largest absolute Gasteiger partial charge is 0.369 e. The zero-order valence-electron chi connectivity index (χ0n) is 14.6. The van der Waals surface area contributed by atoms with E-state index in [0.29, 0.717) is 0 Å². The second kappa shape index (κ2) is 11.0. The Hall–Kier alpha value is -1.70. The molecule has 2 aromatic heterocycles. The predicted molar refractivity (Wildman–Crippen MR) is 98.3 cm³/mol. The Bertz CT molecular complexity index is 585. The maximum absolute atomic E-state index is 5.45. The molecule has 0 unspecified atom stereocenters. The molecule has 0 aliphatic heterocycles. The minimum Gasteiger partial charge on any atom is -0.369 e. The fourth-order valence-electron chi connectivity index (χ4n) is 2.52. The number of hydrogen-bond acceptors (Lipinski definition) is 7. The van der Waals surface area contributed by atoms with Crippen molar-refractivity contribution >= 4 is 16.8 Å². The predicted octanol–water partition coefficient (Wildman–Crippen LogP) is 1.64. The van der Waals surface area contributed by atoms with Crippen LogP contribution in [0.3, 0.4) is 0 Å². The number of nitrogens with two attached hydrogens (primary N) is 1. The van der Waals surface area contributed by atoms with Crippen LogP contribution < -0.4 is 21.7 Å². The first-order valence-corrected chi connectivity index (χ1v) is 8.88. The van der Waals surface area contributed by atoms with Crippen molar-refractivity contribution in [2.75, 3.05) is 44.6 Å². The van der Waals surface area contributed by atoms with Crippen LogP contribution >= 0.6 is 0 Å². The number of rotatable bonds is 13. The zero-order valence-corrected chi connectivity index (χ0v) is 14.6. The molecule has 0 fully saturated rings. The first kappa shape index (κ1) is 18.6. The van der Waals surface area contributed by atoms with Gasteiger partial charge in [-0.05, 0) is 65.3 Å². The van der Waals surface area contributed by atoms with Crippen molar-refractivity contribution in [2.24, 2.45) is 5.73 Å². The van der Waals surface area contributed by atoms with Gasteiger partial charge in [-0.2, -0.15) is 0 Å². The molecule has 0 saturated carbocycles. The van der Waals surface area contributed by atoms with Crippen LogP contribution in [0.5, 0.6) is 0 Å². The second-order valence-electron chi connectivity index (χ2n) is 5.99. The van der Waals surface area contributed by atoms with Crippen LogP contribution in [-0.2, 0) is 0 Å². The molecule has 7 heteroatoms. The maximum Gasteiger partial charge on any atom is 0.175 e. The van der Waals surface area contributed by atoms with E-state index in [9.17, 15) is 0 Å². The average Bonchev–Trinajstić information content (AvgIpc) is 3.08. The molecule has 0 aliphatic rings. The van der Waals surface area contributed by atoms with Crippen LogP contribution in [0.15, 0.2) is 16.9 Å². The SMILES string of the molecule is Cc1cnc(NCCCNCCCCNCCCN)c2cnoc12. The van der Waals surface area contributed by atoms with Crippen molar-refractivity contribution in [3.63, 3.8) is 0 Å². The molecule has 0 radical (unpaired) electrons. The number of fused-ring (bicyclic) bond motifs is 1. The van der Waals surface area contributed by atoms with Crippen LogP contribution in [0.2, 0.25) is 0 Å². The molecule has 7 nitrogen and oxygen atoms in total. The molecule has 2 aromatic rings. The van der Waals surface area contributed by atoms with E-state index in [1.54, 1.807) is 6.20 Å². The number of pyridine rings is 1. The van der Waals surface area contributed by atoms with Crippen molar-refractivity contribution in [3.05, 3.63) is 18.0 Å². The minimum absolute atomic E-state index is 0.767. The lowest BCUT2D eigenvalue weighted by molar-refractivity contribution is 0.455. The first-order chi connectivity index (χ1) is 11.8. The smallest absolute Gasteiger partial charge is 0.175 e. The highest BCUT2D eigenvalue weighted by molar-refractivity contribution is 5.89. The summed E-state index contributed by atoms with van der Waals surface area (Å²) in [5.41, 5.74) is 7.27. The van der Waals surface area contributed by atoms with E-state index >= 15 is 0 Å². The van der Waals surface area contributed by atoms with Crippen LogP contribution in [0, 0.1) is 6.92 Å². The third kappa shape index (κ3) is 6.07. The number of hydrogen-bond donors (Lipinski definition) is 4. The van der Waals surface area contributed by atoms with Crippen LogP contribution in [0.1, 0.15) is 31.2 Å². The summed E-state index contributed by atoms with van der Waals surface area (Å²) in [4.78, 5) is 4.42. The van der Waals surface area contributed by atoms with E-state index < -0.39 is 0 Å². The second-order valence-corrected chi connectivity index (χ2v) is 5.99. The summed E-state index contributed by atoms with van der Waals surface area (Å²) in [5, 5.41) is 15.0. The van der Waals surface area contributed by atoms with Gasteiger partial charge >= 0.3 is 0 Å². The fraction of sp³-hybridized carbons (Fsp3) is 0.647. The number of nitrogens with one attached hydrogen (secondary N) is 3. The van der Waals surface area contributed by atoms with Gasteiger partial charge in [0.25, 0.3) is 0 Å². The van der Waals surface area contributed by atoms with Crippen molar-refractivity contribution in [3.8, 4) is 0 Å². The molecular formula is C17H30N6O. The van der Waals surface area contributed by atoms with E-state index in [1.807, 2.05) is 13.1 Å². The monoisotopic (exact) mass is 334 g/mol. The molecule has 24 heavy (non-hydrogen) atoms. The highest BCUT2D eigenvalue weighted by Gasteiger charge is 2.08. The zero-order chi connectivity index (χ0) is 17.0. The normalized spacial score (nSPS) is 11.2. The lowest BCUT2D eigenvalue weighted by Crippen LogP contribution is -2.22. The molecular weight excluding hydrogens is 304 g/mol. The van der Waals surface area contributed by atoms with E-state index in [0.717, 1.165) is 74.5 Å². The Morgan fingerprint density at radius 2 is 1.67 bits per heavy atom. The summed E-state index contributed by atoms with van der Waals surface area (Å²) in [5.74, 6) is 0.848. The highest BCUT2D eigenvalue weighted by Crippen LogP contribution is 2.23. The molecule has 0 amide bonds. The summed E-state index contributed by atoms with van der Waals surface area (Å²) in [6.07, 6.45) is 8.05. The number of aryl methyl sites for hydroxylation is 1. The summed E-state index contributed by atoms with van der Waals surface area (Å²) in [7, 11) is 0. The van der Waals surface area contributed by atoms with Gasteiger partial charge in [-0.1, -0.05) is 5.16 Å². The number of nitrogens with zero attached hydrogens (tertiary/aromatic N) is 2. The lowest BCUT2D eigenvalue weighted by atomic mass is 10.2. The number of aromatic nitrogens is 2. The van der Waals surface area contributed by atoms with Gasteiger partial charge in [-0.15, -0.1) is 0 Å². The Balaban J connectivity index is 1.50. The van der Waals surface area contributed by atoms with Crippen LogP contribution in [0.25, 0.3) is 11.0 Å². The molecule has 0 aliphatic carbocycles. The van der Waals surface area contributed by atoms with Gasteiger partial charge in [0.15, 0.2) is 5.58 Å². The van der Waals surface area contributed by atoms with E-state index in [2.05, 4.69) is 26.1 Å². The van der Waals surface area contributed by atoms with Gasteiger partial charge < -0.3 is 26.2 Å². The van der Waals surface area contributed by atoms with Gasteiger partial charge in [0.05, 0.1) is 11.6 Å². The van der Waals surface area contributed by atoms with Crippen molar-refractivity contribution < 1.29 is 4.52 Å². The van der Waals surface area contributed by atoms with Gasteiger partial charge in [0, 0.05) is 18.3 Å². The third-order valence-electron chi connectivity index (χ3n) is 3.91. The first-order valence-electron chi connectivity index (χ1n) is 8.88. The highest BCUT2D eigenvalue weighted by atomic mass is 16.5. The van der Waals surface area contributed by atoms with E-state index in [4.69, 9.17) is 10.3 Å². The molecule has 5 N–H and O–H groups in total. The topological polar surface area (TPSA) is 101 Å². The minimum atomic E-state index is 0.767. The van der Waals surface area contributed by atoms with Crippen LogP contribution in [0.4, 0.5) is 5.82 Å². The number of unbranched alkanes of at least 4 members (excludes halogenated alkanes) is 1. The van der Waals surface area contributed by atoms with Crippen molar-refractivity contribution in [2.45, 2.75) is 32.6 Å². The number of anilines is 1. The van der Waals surface area contributed by atoms with Gasteiger partial charge in [0.1, 0.15) is 5.82 Å². The molecule has 0 spiro atoms. The molecule has 2 heterocycles. The average molecular weight is 334 g/mol. The lowest BCUT2D eigenvalue weighted by Gasteiger charge is -2.08. The Morgan fingerprint density at radius 1 is 0.958 bits per heavy atom. The van der Waals surface area contributed by atoms with E-state index in [1.165, 1.54) is 12.8 Å². The quantitative estimate of drug-likeness (QED) is 0.413. The maximum atomic E-state index is 5.45. The fourth-order valence-corrected chi connectivity index (χ4v) is 2.52.